The first-order chi connectivity index (χ1) is 15.6. The van der Waals surface area contributed by atoms with Crippen molar-refractivity contribution in [3.63, 3.8) is 0 Å². The lowest BCUT2D eigenvalue weighted by atomic mass is 10.2. The molecule has 33 heavy (non-hydrogen) atoms. The van der Waals surface area contributed by atoms with E-state index in [1.807, 2.05) is 57.6 Å². The highest BCUT2D eigenvalue weighted by atomic mass is 16.5. The summed E-state index contributed by atoms with van der Waals surface area (Å²) in [4.78, 5) is 22.9. The second-order valence-corrected chi connectivity index (χ2v) is 8.96. The van der Waals surface area contributed by atoms with Crippen LogP contribution in [0.2, 0.25) is 0 Å². The molecular formula is C27H43NO5. The van der Waals surface area contributed by atoms with Gasteiger partial charge in [-0.3, -0.25) is 4.79 Å². The van der Waals surface area contributed by atoms with Crippen molar-refractivity contribution in [3.8, 4) is 0 Å². The summed E-state index contributed by atoms with van der Waals surface area (Å²) in [7, 11) is 5.75. The van der Waals surface area contributed by atoms with Gasteiger partial charge in [0.15, 0.2) is 6.10 Å². The van der Waals surface area contributed by atoms with Crippen molar-refractivity contribution in [3.05, 3.63) is 60.8 Å². The summed E-state index contributed by atoms with van der Waals surface area (Å²) >= 11 is 0. The number of ether oxygens (including phenoxy) is 1. The number of quaternary nitrogens is 1. The first kappa shape index (κ1) is 30.6. The Bertz CT molecular complexity index is 683. The van der Waals surface area contributed by atoms with Crippen molar-refractivity contribution < 1.29 is 29.0 Å². The molecule has 6 nitrogen and oxygen atoms in total. The molecule has 0 aromatic rings. The van der Waals surface area contributed by atoms with Crippen LogP contribution >= 0.6 is 0 Å². The third kappa shape index (κ3) is 22.5. The predicted molar refractivity (Wildman–Crippen MR) is 132 cm³/mol. The van der Waals surface area contributed by atoms with Gasteiger partial charge >= 0.3 is 5.97 Å². The summed E-state index contributed by atoms with van der Waals surface area (Å²) in [5.74, 6) is -1.59. The topological polar surface area (TPSA) is 86.7 Å². The molecule has 0 fully saturated rings. The maximum atomic E-state index is 12.0. The van der Waals surface area contributed by atoms with Gasteiger partial charge in [0.05, 0.1) is 27.2 Å². The molecule has 6 heteroatoms. The van der Waals surface area contributed by atoms with Gasteiger partial charge in [-0.25, -0.2) is 0 Å². The van der Waals surface area contributed by atoms with Crippen molar-refractivity contribution in [2.75, 3.05) is 27.7 Å². The molecule has 0 heterocycles. The quantitative estimate of drug-likeness (QED) is 0.111. The van der Waals surface area contributed by atoms with E-state index in [9.17, 15) is 19.8 Å². The van der Waals surface area contributed by atoms with Crippen molar-refractivity contribution >= 4 is 11.9 Å². The summed E-state index contributed by atoms with van der Waals surface area (Å²) in [5, 5.41) is 20.7. The number of unbranched alkanes of at least 4 members (excludes halogenated alkanes) is 1. The predicted octanol–water partition coefficient (Wildman–Crippen LogP) is 3.64. The average Bonchev–Trinajstić information content (AvgIpc) is 2.70. The zero-order valence-corrected chi connectivity index (χ0v) is 20.8. The normalized spacial score (nSPS) is 14.8. The number of carboxylic acid groups (broad SMARTS) is 1. The van der Waals surface area contributed by atoms with E-state index in [-0.39, 0.29) is 18.8 Å². The number of aliphatic hydroxyl groups is 1. The van der Waals surface area contributed by atoms with Crippen LogP contribution in [0.3, 0.4) is 0 Å². The molecule has 0 rings (SSSR count). The molecule has 0 saturated heterocycles. The Morgan fingerprint density at radius 2 is 1.64 bits per heavy atom. The lowest BCUT2D eigenvalue weighted by molar-refractivity contribution is -0.873. The van der Waals surface area contributed by atoms with E-state index in [4.69, 9.17) is 4.74 Å². The van der Waals surface area contributed by atoms with Crippen LogP contribution in [0.5, 0.6) is 0 Å². The van der Waals surface area contributed by atoms with Gasteiger partial charge in [0.2, 0.25) is 0 Å². The molecule has 0 amide bonds. The third-order valence-electron chi connectivity index (χ3n) is 4.43. The van der Waals surface area contributed by atoms with Gasteiger partial charge in [0, 0.05) is 18.8 Å². The summed E-state index contributed by atoms with van der Waals surface area (Å²) in [6.07, 6.45) is 23.4. The fourth-order valence-corrected chi connectivity index (χ4v) is 2.94. The SMILES string of the molecule is CC/C=C/C/C=C/CC(O)/C=C/C=C/C/C=C/CCCC(=O)OC(CC(=O)[O-])C[N+](C)(C)C. The molecule has 0 saturated carbocycles. The number of aliphatic hydroxyl groups excluding tert-OH is 1. The largest absolute Gasteiger partial charge is 0.550 e. The van der Waals surface area contributed by atoms with Gasteiger partial charge < -0.3 is 24.2 Å². The maximum Gasteiger partial charge on any atom is 0.306 e. The van der Waals surface area contributed by atoms with E-state index < -0.39 is 18.2 Å². The number of aliphatic carboxylic acids is 1. The molecule has 0 radical (unpaired) electrons. The van der Waals surface area contributed by atoms with Crippen LogP contribution in [-0.4, -0.2) is 61.4 Å². The third-order valence-corrected chi connectivity index (χ3v) is 4.43. The molecule has 0 aliphatic carbocycles. The van der Waals surface area contributed by atoms with E-state index in [1.54, 1.807) is 6.08 Å². The standard InChI is InChI=1S/C27H43NO5/c1-5-6-7-8-13-16-19-24(29)20-17-14-11-9-10-12-15-18-21-27(32)33-25(22-26(30)31)23-28(2,3)4/h6-7,10-14,16-17,20,24-25,29H,5,8-9,15,18-19,21-23H2,1-4H3/b7-6+,12-10+,14-11+,16-13+,20-17+. The highest BCUT2D eigenvalue weighted by Gasteiger charge is 2.22. The Labute approximate surface area is 200 Å². The molecule has 186 valence electrons. The fraction of sp³-hybridized carbons (Fsp3) is 0.556. The Balaban J connectivity index is 4.02. The van der Waals surface area contributed by atoms with Gasteiger partial charge in [-0.15, -0.1) is 0 Å². The van der Waals surface area contributed by atoms with Crippen LogP contribution in [0.1, 0.15) is 58.3 Å². The molecule has 0 aromatic heterocycles. The van der Waals surface area contributed by atoms with Crippen LogP contribution in [0.4, 0.5) is 0 Å². The highest BCUT2D eigenvalue weighted by Crippen LogP contribution is 2.08. The van der Waals surface area contributed by atoms with E-state index in [0.717, 1.165) is 25.7 Å². The van der Waals surface area contributed by atoms with Gasteiger partial charge in [0.25, 0.3) is 0 Å². The second kappa shape index (κ2) is 19.1. The first-order valence-electron chi connectivity index (χ1n) is 11.8. The monoisotopic (exact) mass is 461 g/mol. The molecule has 0 aliphatic rings. The smallest absolute Gasteiger partial charge is 0.306 e. The minimum atomic E-state index is -1.21. The molecular weight excluding hydrogens is 418 g/mol. The zero-order valence-electron chi connectivity index (χ0n) is 20.8. The average molecular weight is 462 g/mol. The minimum absolute atomic E-state index is 0.255. The van der Waals surface area contributed by atoms with Gasteiger partial charge in [0.1, 0.15) is 6.54 Å². The van der Waals surface area contributed by atoms with E-state index in [2.05, 4.69) is 25.2 Å². The number of allylic oxidation sites excluding steroid dienone is 8. The van der Waals surface area contributed by atoms with Gasteiger partial charge in [-0.05, 0) is 38.5 Å². The van der Waals surface area contributed by atoms with Crippen molar-refractivity contribution in [1.29, 1.82) is 0 Å². The van der Waals surface area contributed by atoms with Crippen molar-refractivity contribution in [2.24, 2.45) is 0 Å². The van der Waals surface area contributed by atoms with E-state index >= 15 is 0 Å². The van der Waals surface area contributed by atoms with Crippen LogP contribution in [-0.2, 0) is 14.3 Å². The van der Waals surface area contributed by atoms with Crippen LogP contribution in [0.25, 0.3) is 0 Å². The van der Waals surface area contributed by atoms with Crippen molar-refractivity contribution in [1.82, 2.24) is 0 Å². The Morgan fingerprint density at radius 1 is 0.970 bits per heavy atom. The summed E-state index contributed by atoms with van der Waals surface area (Å²) < 4.78 is 5.83. The number of hydrogen-bond acceptors (Lipinski definition) is 5. The second-order valence-electron chi connectivity index (χ2n) is 8.96. The number of carbonyl (C=O) groups is 2. The van der Waals surface area contributed by atoms with E-state index in [1.165, 1.54) is 0 Å². The van der Waals surface area contributed by atoms with Crippen LogP contribution in [0, 0.1) is 0 Å². The molecule has 2 atom stereocenters. The molecule has 0 aliphatic heterocycles. The number of esters is 1. The number of carbonyl (C=O) groups excluding carboxylic acids is 2. The van der Waals surface area contributed by atoms with Crippen molar-refractivity contribution in [2.45, 2.75) is 70.5 Å². The lowest BCUT2D eigenvalue weighted by Gasteiger charge is -2.29. The Kier molecular flexibility index (Phi) is 17.7. The van der Waals surface area contributed by atoms with Gasteiger partial charge in [-0.1, -0.05) is 67.7 Å². The number of rotatable bonds is 18. The molecule has 0 spiro atoms. The minimum Gasteiger partial charge on any atom is -0.550 e. The number of likely N-dealkylation sites (N-methyl/N-ethyl adjacent to an activating group) is 1. The molecule has 0 bridgehead atoms. The van der Waals surface area contributed by atoms with Crippen LogP contribution in [0.15, 0.2) is 60.8 Å². The Hall–Kier alpha value is -2.44. The number of nitrogens with zero attached hydrogens (tertiary/aromatic N) is 1. The first-order valence-corrected chi connectivity index (χ1v) is 11.8. The highest BCUT2D eigenvalue weighted by molar-refractivity contribution is 5.70. The van der Waals surface area contributed by atoms with Crippen LogP contribution < -0.4 is 5.11 Å². The molecule has 2 unspecified atom stereocenters. The summed E-state index contributed by atoms with van der Waals surface area (Å²) in [6.45, 7) is 2.52. The molecule has 0 aromatic carbocycles. The number of carboxylic acids is 1. The fourth-order valence-electron chi connectivity index (χ4n) is 2.94. The zero-order chi connectivity index (χ0) is 25.0. The lowest BCUT2D eigenvalue weighted by Crippen LogP contribution is -2.45. The van der Waals surface area contributed by atoms with E-state index in [0.29, 0.717) is 23.9 Å². The van der Waals surface area contributed by atoms with Gasteiger partial charge in [-0.2, -0.15) is 0 Å². The Morgan fingerprint density at radius 3 is 2.30 bits per heavy atom. The number of hydrogen-bond donors (Lipinski definition) is 1. The summed E-state index contributed by atoms with van der Waals surface area (Å²) in [5.41, 5.74) is 0. The maximum absolute atomic E-state index is 12.0. The summed E-state index contributed by atoms with van der Waals surface area (Å²) in [6, 6.07) is 0. The molecule has 1 N–H and O–H groups in total.